The summed E-state index contributed by atoms with van der Waals surface area (Å²) in [6.45, 7) is 0. The molecule has 0 spiro atoms. The largest absolute Gasteiger partial charge is 0.206 e. The molecule has 2 aromatic rings. The Morgan fingerprint density at radius 1 is 0.857 bits per heavy atom. The third kappa shape index (κ3) is 3.87. The van der Waals surface area contributed by atoms with Crippen molar-refractivity contribution in [2.24, 2.45) is 10.2 Å². The molecule has 0 unspecified atom stereocenters. The summed E-state index contributed by atoms with van der Waals surface area (Å²) in [6.07, 6.45) is 0. The summed E-state index contributed by atoms with van der Waals surface area (Å²) in [7, 11) is 0. The lowest BCUT2D eigenvalue weighted by atomic mass is 10.2. The highest BCUT2D eigenvalue weighted by Gasteiger charge is 2.13. The summed E-state index contributed by atoms with van der Waals surface area (Å²) in [5, 5.41) is 6.88. The maximum atomic E-state index is 13.5. The molecule has 0 aliphatic carbocycles. The van der Waals surface area contributed by atoms with Crippen LogP contribution in [0.4, 0.5) is 8.78 Å². The monoisotopic (exact) mass is 390 g/mol. The van der Waals surface area contributed by atoms with Crippen LogP contribution in [0.2, 0.25) is 0 Å². The molecule has 0 saturated heterocycles. The normalized spacial score (nSPS) is 12.6. The first-order valence-electron chi connectivity index (χ1n) is 5.66. The molecule has 0 saturated carbocycles. The molecule has 0 fully saturated rings. The van der Waals surface area contributed by atoms with E-state index < -0.39 is 22.4 Å². The Kier molecular flexibility index (Phi) is 5.45. The van der Waals surface area contributed by atoms with E-state index in [9.17, 15) is 8.78 Å². The zero-order valence-electron chi connectivity index (χ0n) is 10.3. The second kappa shape index (κ2) is 7.11. The lowest BCUT2D eigenvalue weighted by Gasteiger charge is -2.02. The summed E-state index contributed by atoms with van der Waals surface area (Å²) in [5.41, 5.74) is 0.140. The van der Waals surface area contributed by atoms with Crippen LogP contribution >= 0.6 is 39.1 Å². The van der Waals surface area contributed by atoms with Crippen molar-refractivity contribution in [3.8, 4) is 0 Å². The second-order valence-electron chi connectivity index (χ2n) is 3.86. The van der Waals surface area contributed by atoms with Gasteiger partial charge in [0.05, 0.1) is 5.56 Å². The summed E-state index contributed by atoms with van der Waals surface area (Å²) in [5.74, 6) is -1.65. The number of benzene rings is 2. The Balaban J connectivity index is 2.36. The molecule has 108 valence electrons. The number of hydrogen-bond donors (Lipinski definition) is 0. The van der Waals surface area contributed by atoms with Crippen LogP contribution in [-0.2, 0) is 0 Å². The first kappa shape index (κ1) is 16.1. The number of halogens is 5. The smallest absolute Gasteiger partial charge is 0.164 e. The van der Waals surface area contributed by atoms with Crippen LogP contribution < -0.4 is 0 Å². The van der Waals surface area contributed by atoms with Gasteiger partial charge in [0.25, 0.3) is 0 Å². The molecule has 0 heterocycles. The average Bonchev–Trinajstić information content (AvgIpc) is 2.45. The molecule has 0 aliphatic heterocycles. The highest BCUT2D eigenvalue weighted by molar-refractivity contribution is 9.10. The second-order valence-corrected chi connectivity index (χ2v) is 5.43. The molecule has 2 aromatic carbocycles. The van der Waals surface area contributed by atoms with E-state index in [-0.39, 0.29) is 5.17 Å². The van der Waals surface area contributed by atoms with E-state index in [1.165, 1.54) is 6.07 Å². The molecule has 2 nitrogen and oxygen atoms in total. The Morgan fingerprint density at radius 2 is 1.43 bits per heavy atom. The van der Waals surface area contributed by atoms with Crippen molar-refractivity contribution in [2.75, 3.05) is 0 Å². The first-order valence-corrected chi connectivity index (χ1v) is 7.21. The van der Waals surface area contributed by atoms with E-state index in [1.807, 2.05) is 6.07 Å². The van der Waals surface area contributed by atoms with Crippen molar-refractivity contribution < 1.29 is 8.78 Å². The Labute approximate surface area is 138 Å². The predicted octanol–water partition coefficient (Wildman–Crippen LogP) is 5.31. The van der Waals surface area contributed by atoms with Gasteiger partial charge in [0.1, 0.15) is 11.6 Å². The zero-order valence-corrected chi connectivity index (χ0v) is 13.4. The van der Waals surface area contributed by atoms with Gasteiger partial charge >= 0.3 is 0 Å². The van der Waals surface area contributed by atoms with Gasteiger partial charge in [-0.2, -0.15) is 0 Å². The Bertz CT molecular complexity index is 712. The fourth-order valence-corrected chi connectivity index (χ4v) is 2.52. The molecular weight excluding hydrogens is 385 g/mol. The lowest BCUT2D eigenvalue weighted by molar-refractivity contribution is 0.579. The van der Waals surface area contributed by atoms with E-state index in [0.29, 0.717) is 10.0 Å². The van der Waals surface area contributed by atoms with Crippen molar-refractivity contribution in [1.29, 1.82) is 0 Å². The van der Waals surface area contributed by atoms with Crippen LogP contribution in [0.25, 0.3) is 0 Å². The molecule has 7 heteroatoms. The molecule has 2 rings (SSSR count). The van der Waals surface area contributed by atoms with Gasteiger partial charge in [-0.1, -0.05) is 63.4 Å². The number of rotatable bonds is 3. The van der Waals surface area contributed by atoms with Crippen molar-refractivity contribution in [2.45, 2.75) is 0 Å². The SMILES string of the molecule is Fc1cccc(F)c1C(Cl)=NN=C(Cl)c1ccccc1Br. The molecule has 0 amide bonds. The third-order valence-corrected chi connectivity index (χ3v) is 3.73. The fourth-order valence-electron chi connectivity index (χ4n) is 1.52. The summed E-state index contributed by atoms with van der Waals surface area (Å²) < 4.78 is 27.7. The molecule has 0 aliphatic rings. The zero-order chi connectivity index (χ0) is 15.4. The van der Waals surface area contributed by atoms with Crippen LogP contribution in [0.3, 0.4) is 0 Å². The van der Waals surface area contributed by atoms with Crippen LogP contribution in [-0.4, -0.2) is 10.3 Å². The highest BCUT2D eigenvalue weighted by Crippen LogP contribution is 2.19. The lowest BCUT2D eigenvalue weighted by Crippen LogP contribution is -2.00. The van der Waals surface area contributed by atoms with Crippen LogP contribution in [0.15, 0.2) is 57.1 Å². The molecule has 0 N–H and O–H groups in total. The van der Waals surface area contributed by atoms with Gasteiger partial charge in [-0.05, 0) is 18.2 Å². The van der Waals surface area contributed by atoms with Crippen LogP contribution in [0.5, 0.6) is 0 Å². The van der Waals surface area contributed by atoms with Crippen molar-refractivity contribution in [1.82, 2.24) is 0 Å². The minimum Gasteiger partial charge on any atom is -0.206 e. The van der Waals surface area contributed by atoms with Gasteiger partial charge in [-0.3, -0.25) is 0 Å². The molecule has 0 bridgehead atoms. The van der Waals surface area contributed by atoms with Gasteiger partial charge in [-0.25, -0.2) is 8.78 Å². The van der Waals surface area contributed by atoms with Crippen LogP contribution in [0, 0.1) is 11.6 Å². The fraction of sp³-hybridized carbons (Fsp3) is 0. The summed E-state index contributed by atoms with van der Waals surface area (Å²) in [6, 6.07) is 10.4. The van der Waals surface area contributed by atoms with Crippen molar-refractivity contribution in [3.63, 3.8) is 0 Å². The van der Waals surface area contributed by atoms with Gasteiger partial charge < -0.3 is 0 Å². The average molecular weight is 392 g/mol. The quantitative estimate of drug-likeness (QED) is 0.500. The third-order valence-electron chi connectivity index (χ3n) is 2.49. The van der Waals surface area contributed by atoms with E-state index in [1.54, 1.807) is 18.2 Å². The molecule has 0 aromatic heterocycles. The van der Waals surface area contributed by atoms with Gasteiger partial charge in [0.2, 0.25) is 0 Å². The van der Waals surface area contributed by atoms with Crippen molar-refractivity contribution in [3.05, 3.63) is 69.7 Å². The highest BCUT2D eigenvalue weighted by atomic mass is 79.9. The Hall–Kier alpha value is -1.30. The van der Waals surface area contributed by atoms with E-state index in [2.05, 4.69) is 26.1 Å². The standard InChI is InChI=1S/C14H7BrCl2F2N2/c15-9-5-2-1-4-8(9)13(16)20-21-14(17)12-10(18)6-3-7-11(12)19/h1-7H. The summed E-state index contributed by atoms with van der Waals surface area (Å²) in [4.78, 5) is 0. The van der Waals surface area contributed by atoms with Gasteiger partial charge in [-0.15, -0.1) is 10.2 Å². The van der Waals surface area contributed by atoms with Crippen LogP contribution in [0.1, 0.15) is 11.1 Å². The molecule has 0 radical (unpaired) electrons. The minimum absolute atomic E-state index is 0.0392. The summed E-state index contributed by atoms with van der Waals surface area (Å²) >= 11 is 15.1. The number of nitrogens with zero attached hydrogens (tertiary/aromatic N) is 2. The molecule has 0 atom stereocenters. The maximum Gasteiger partial charge on any atom is 0.164 e. The molecule has 21 heavy (non-hydrogen) atoms. The van der Waals surface area contributed by atoms with Gasteiger partial charge in [0, 0.05) is 10.0 Å². The van der Waals surface area contributed by atoms with Gasteiger partial charge in [0.15, 0.2) is 10.3 Å². The Morgan fingerprint density at radius 3 is 2.05 bits per heavy atom. The van der Waals surface area contributed by atoms with E-state index in [4.69, 9.17) is 23.2 Å². The first-order chi connectivity index (χ1) is 10.0. The molecular formula is C14H7BrCl2F2N2. The van der Waals surface area contributed by atoms with Crippen molar-refractivity contribution >= 4 is 49.5 Å². The van der Waals surface area contributed by atoms with E-state index in [0.717, 1.165) is 12.1 Å². The topological polar surface area (TPSA) is 24.7 Å². The predicted molar refractivity (Wildman–Crippen MR) is 85.3 cm³/mol. The van der Waals surface area contributed by atoms with E-state index >= 15 is 0 Å². The minimum atomic E-state index is -0.823. The maximum absolute atomic E-state index is 13.5. The number of hydrogen-bond acceptors (Lipinski definition) is 2.